The number of carbonyl (C=O) groups is 2. The van der Waals surface area contributed by atoms with Gasteiger partial charge < -0.3 is 25.0 Å². The molecule has 0 unspecified atom stereocenters. The number of piperidine rings is 1. The van der Waals surface area contributed by atoms with E-state index in [9.17, 15) is 9.59 Å². The molecule has 11 heteroatoms. The second kappa shape index (κ2) is 14.2. The number of carbonyl (C=O) groups excluding carboxylic acids is 2. The van der Waals surface area contributed by atoms with Crippen molar-refractivity contribution >= 4 is 29.4 Å². The Labute approximate surface area is 265 Å². The standard InChI is InChI=1S/C34H45N7O4/c1-22-30(37-20-27(33(43)45-34(3,4)5)19-29(42)44-21-24-10-15-35-16-11-24)38-23(2)39-32(22)41-17-12-25(13-18-41)28-9-8-26-7-6-14-36-31(26)40-28/h8-11,15-16,25,27H,6-7,12-14,17-21H2,1-5H3,(H,36,40)(H,37,38,39)/t27-/m0/s1. The van der Waals surface area contributed by atoms with Crippen LogP contribution >= 0.6 is 0 Å². The summed E-state index contributed by atoms with van der Waals surface area (Å²) in [7, 11) is 0. The lowest BCUT2D eigenvalue weighted by Gasteiger charge is -2.34. The van der Waals surface area contributed by atoms with E-state index in [0.29, 0.717) is 17.6 Å². The molecular weight excluding hydrogens is 570 g/mol. The molecule has 0 spiro atoms. The van der Waals surface area contributed by atoms with Gasteiger partial charge in [0.2, 0.25) is 0 Å². The van der Waals surface area contributed by atoms with Crippen molar-refractivity contribution in [1.82, 2.24) is 19.9 Å². The third-order valence-corrected chi connectivity index (χ3v) is 8.18. The van der Waals surface area contributed by atoms with Crippen LogP contribution in [-0.2, 0) is 32.1 Å². The van der Waals surface area contributed by atoms with Gasteiger partial charge in [0.15, 0.2) is 0 Å². The molecule has 11 nitrogen and oxygen atoms in total. The van der Waals surface area contributed by atoms with Crippen molar-refractivity contribution in [3.63, 3.8) is 0 Å². The number of hydrogen-bond donors (Lipinski definition) is 2. The van der Waals surface area contributed by atoms with Crippen molar-refractivity contribution in [3.8, 4) is 0 Å². The van der Waals surface area contributed by atoms with E-state index in [2.05, 4.69) is 37.6 Å². The molecule has 1 atom stereocenters. The SMILES string of the molecule is Cc1nc(NC[C@H](CC(=O)OCc2ccncc2)C(=O)OC(C)(C)C)c(C)c(N2CCC(c3ccc4c(n3)NCCC4)CC2)n1. The maximum Gasteiger partial charge on any atom is 0.311 e. The van der Waals surface area contributed by atoms with Gasteiger partial charge in [-0.25, -0.2) is 15.0 Å². The summed E-state index contributed by atoms with van der Waals surface area (Å²) < 4.78 is 11.1. The summed E-state index contributed by atoms with van der Waals surface area (Å²) in [6.45, 7) is 12.3. The number of nitrogens with zero attached hydrogens (tertiary/aromatic N) is 5. The van der Waals surface area contributed by atoms with Gasteiger partial charge in [-0.3, -0.25) is 14.6 Å². The molecule has 0 amide bonds. The monoisotopic (exact) mass is 615 g/mol. The van der Waals surface area contributed by atoms with Crippen LogP contribution in [0.2, 0.25) is 0 Å². The summed E-state index contributed by atoms with van der Waals surface area (Å²) in [6.07, 6.45) is 7.38. The molecule has 45 heavy (non-hydrogen) atoms. The van der Waals surface area contributed by atoms with Gasteiger partial charge in [0, 0.05) is 55.7 Å². The second-order valence-electron chi connectivity index (χ2n) is 12.9. The number of nitrogens with one attached hydrogen (secondary N) is 2. The zero-order valence-corrected chi connectivity index (χ0v) is 27.1. The van der Waals surface area contributed by atoms with Crippen molar-refractivity contribution in [2.45, 2.75) is 84.8 Å². The molecule has 5 rings (SSSR count). The molecule has 0 saturated carbocycles. The van der Waals surface area contributed by atoms with Crippen LogP contribution in [0.1, 0.15) is 80.6 Å². The number of anilines is 3. The summed E-state index contributed by atoms with van der Waals surface area (Å²) in [5.41, 5.74) is 3.50. The molecule has 5 heterocycles. The van der Waals surface area contributed by atoms with Crippen LogP contribution in [0.3, 0.4) is 0 Å². The van der Waals surface area contributed by atoms with Crippen molar-refractivity contribution in [3.05, 3.63) is 64.9 Å². The molecule has 0 aromatic carbocycles. The van der Waals surface area contributed by atoms with Crippen LogP contribution in [0, 0.1) is 19.8 Å². The van der Waals surface area contributed by atoms with Gasteiger partial charge in [-0.2, -0.15) is 0 Å². The molecule has 240 valence electrons. The summed E-state index contributed by atoms with van der Waals surface area (Å²) in [5, 5.41) is 6.79. The van der Waals surface area contributed by atoms with E-state index in [1.54, 1.807) is 24.5 Å². The number of ether oxygens (including phenoxy) is 2. The quantitative estimate of drug-likeness (QED) is 0.294. The zero-order valence-electron chi connectivity index (χ0n) is 27.1. The molecule has 3 aromatic rings. The topological polar surface area (TPSA) is 131 Å². The van der Waals surface area contributed by atoms with Crippen molar-refractivity contribution in [2.24, 2.45) is 5.92 Å². The Balaban J connectivity index is 1.23. The summed E-state index contributed by atoms with van der Waals surface area (Å²) in [4.78, 5) is 46.6. The molecule has 2 aliphatic heterocycles. The van der Waals surface area contributed by atoms with Gasteiger partial charge >= 0.3 is 11.9 Å². The van der Waals surface area contributed by atoms with E-state index in [1.807, 2.05) is 34.6 Å². The maximum absolute atomic E-state index is 13.2. The average molecular weight is 616 g/mol. The first-order valence-electron chi connectivity index (χ1n) is 15.9. The largest absolute Gasteiger partial charge is 0.461 e. The summed E-state index contributed by atoms with van der Waals surface area (Å²) in [6, 6.07) is 7.99. The van der Waals surface area contributed by atoms with Gasteiger partial charge in [0.05, 0.1) is 12.3 Å². The van der Waals surface area contributed by atoms with Crippen molar-refractivity contribution < 1.29 is 19.1 Å². The van der Waals surface area contributed by atoms with Crippen molar-refractivity contribution in [2.75, 3.05) is 41.7 Å². The molecule has 0 bridgehead atoms. The molecule has 0 radical (unpaired) electrons. The number of aromatic nitrogens is 4. The molecule has 2 aliphatic rings. The van der Waals surface area contributed by atoms with E-state index in [0.717, 1.165) is 73.8 Å². The first kappa shape index (κ1) is 32.1. The number of pyridine rings is 2. The van der Waals surface area contributed by atoms with Gasteiger partial charge in [0.25, 0.3) is 0 Å². The zero-order chi connectivity index (χ0) is 32.0. The fourth-order valence-electron chi connectivity index (χ4n) is 5.80. The third-order valence-electron chi connectivity index (χ3n) is 8.18. The van der Waals surface area contributed by atoms with Crippen LogP contribution in [-0.4, -0.2) is 63.7 Å². The third kappa shape index (κ3) is 8.67. The number of esters is 2. The first-order chi connectivity index (χ1) is 21.6. The number of aryl methyl sites for hydroxylation is 2. The number of rotatable bonds is 10. The Hall–Kier alpha value is -4.28. The van der Waals surface area contributed by atoms with E-state index in [1.165, 1.54) is 5.56 Å². The van der Waals surface area contributed by atoms with E-state index >= 15 is 0 Å². The minimum absolute atomic E-state index is 0.111. The van der Waals surface area contributed by atoms with Gasteiger partial charge in [-0.1, -0.05) is 6.07 Å². The van der Waals surface area contributed by atoms with Gasteiger partial charge in [0.1, 0.15) is 35.5 Å². The van der Waals surface area contributed by atoms with Crippen molar-refractivity contribution in [1.29, 1.82) is 0 Å². The van der Waals surface area contributed by atoms with Gasteiger partial charge in [-0.15, -0.1) is 0 Å². The lowest BCUT2D eigenvalue weighted by atomic mass is 9.92. The molecule has 1 saturated heterocycles. The normalized spacial score (nSPS) is 15.9. The first-order valence-corrected chi connectivity index (χ1v) is 15.9. The maximum atomic E-state index is 13.2. The lowest BCUT2D eigenvalue weighted by molar-refractivity contribution is -0.163. The average Bonchev–Trinajstić information content (AvgIpc) is 3.02. The van der Waals surface area contributed by atoms with Crippen LogP contribution in [0.4, 0.5) is 17.5 Å². The molecule has 3 aromatic heterocycles. The molecular formula is C34H45N7O4. The highest BCUT2D eigenvalue weighted by Gasteiger charge is 2.30. The van der Waals surface area contributed by atoms with Crippen LogP contribution in [0.15, 0.2) is 36.7 Å². The molecule has 1 fully saturated rings. The Morgan fingerprint density at radius 3 is 2.56 bits per heavy atom. The smallest absolute Gasteiger partial charge is 0.311 e. The summed E-state index contributed by atoms with van der Waals surface area (Å²) in [5.74, 6) is 1.90. The Morgan fingerprint density at radius 2 is 1.82 bits per heavy atom. The Kier molecular flexibility index (Phi) is 10.1. The number of hydrogen-bond acceptors (Lipinski definition) is 11. The highest BCUT2D eigenvalue weighted by atomic mass is 16.6. The van der Waals surface area contributed by atoms with Gasteiger partial charge in [-0.05, 0) is 89.6 Å². The van der Waals surface area contributed by atoms with Crippen LogP contribution in [0.5, 0.6) is 0 Å². The minimum atomic E-state index is -0.762. The predicted octanol–water partition coefficient (Wildman–Crippen LogP) is 5.13. The van der Waals surface area contributed by atoms with Crippen LogP contribution in [0.25, 0.3) is 0 Å². The fraction of sp³-hybridized carbons (Fsp3) is 0.529. The van der Waals surface area contributed by atoms with E-state index in [-0.39, 0.29) is 19.6 Å². The summed E-state index contributed by atoms with van der Waals surface area (Å²) >= 11 is 0. The van der Waals surface area contributed by atoms with Crippen LogP contribution < -0.4 is 15.5 Å². The van der Waals surface area contributed by atoms with E-state index < -0.39 is 23.5 Å². The Morgan fingerprint density at radius 1 is 1.07 bits per heavy atom. The molecule has 0 aliphatic carbocycles. The Bertz CT molecular complexity index is 1480. The highest BCUT2D eigenvalue weighted by Crippen LogP contribution is 2.33. The molecule has 2 N–H and O–H groups in total. The second-order valence-corrected chi connectivity index (χ2v) is 12.9. The predicted molar refractivity (Wildman–Crippen MR) is 173 cm³/mol. The lowest BCUT2D eigenvalue weighted by Crippen LogP contribution is -2.35. The number of fused-ring (bicyclic) bond motifs is 1. The minimum Gasteiger partial charge on any atom is -0.461 e. The van der Waals surface area contributed by atoms with E-state index in [4.69, 9.17) is 19.4 Å². The highest BCUT2D eigenvalue weighted by molar-refractivity contribution is 5.81. The fourth-order valence-corrected chi connectivity index (χ4v) is 5.80.